The lowest BCUT2D eigenvalue weighted by atomic mass is 10.1. The van der Waals surface area contributed by atoms with Crippen molar-refractivity contribution in [3.8, 4) is 0 Å². The maximum absolute atomic E-state index is 11.5. The van der Waals surface area contributed by atoms with Crippen LogP contribution in [0.2, 0.25) is 0 Å². The molecule has 1 aromatic rings. The van der Waals surface area contributed by atoms with E-state index in [1.54, 1.807) is 0 Å². The molecule has 0 aliphatic carbocycles. The van der Waals surface area contributed by atoms with Crippen LogP contribution in [0.3, 0.4) is 0 Å². The van der Waals surface area contributed by atoms with Crippen molar-refractivity contribution >= 4 is 40.2 Å². The second kappa shape index (κ2) is 6.87. The van der Waals surface area contributed by atoms with Gasteiger partial charge in [0.1, 0.15) is 0 Å². The molecule has 1 fully saturated rings. The van der Waals surface area contributed by atoms with Crippen molar-refractivity contribution in [2.24, 2.45) is 0 Å². The summed E-state index contributed by atoms with van der Waals surface area (Å²) in [4.78, 5) is 22.5. The van der Waals surface area contributed by atoms with Gasteiger partial charge in [0.15, 0.2) is 0 Å². The van der Waals surface area contributed by atoms with Crippen LogP contribution in [0.25, 0.3) is 0 Å². The van der Waals surface area contributed by atoms with Crippen molar-refractivity contribution < 1.29 is 9.59 Å². The number of hydrogen-bond acceptors (Lipinski definition) is 3. The second-order valence-corrected chi connectivity index (χ2v) is 4.93. The van der Waals surface area contributed by atoms with Crippen LogP contribution >= 0.6 is 28.3 Å². The molecule has 2 amide bonds. The third kappa shape index (κ3) is 4.08. The van der Waals surface area contributed by atoms with Gasteiger partial charge < -0.3 is 5.32 Å². The Morgan fingerprint density at radius 2 is 2.17 bits per heavy atom. The second-order valence-electron chi connectivity index (χ2n) is 4.01. The zero-order valence-corrected chi connectivity index (χ0v) is 12.0. The van der Waals surface area contributed by atoms with E-state index < -0.39 is 0 Å². The summed E-state index contributed by atoms with van der Waals surface area (Å²) in [6.07, 6.45) is 0.973. The van der Waals surface area contributed by atoms with Crippen molar-refractivity contribution in [1.29, 1.82) is 0 Å². The Morgan fingerprint density at radius 3 is 2.83 bits per heavy atom. The van der Waals surface area contributed by atoms with Crippen LogP contribution < -0.4 is 10.6 Å². The van der Waals surface area contributed by atoms with Gasteiger partial charge in [-0.3, -0.25) is 14.9 Å². The van der Waals surface area contributed by atoms with Gasteiger partial charge in [0.2, 0.25) is 11.8 Å². The summed E-state index contributed by atoms with van der Waals surface area (Å²) in [5.41, 5.74) is 1.10. The summed E-state index contributed by atoms with van der Waals surface area (Å²) < 4.78 is 1.01. The maximum atomic E-state index is 11.5. The van der Waals surface area contributed by atoms with Crippen LogP contribution in [0.4, 0.5) is 0 Å². The molecule has 1 aromatic carbocycles. The van der Waals surface area contributed by atoms with Crippen LogP contribution in [-0.4, -0.2) is 17.9 Å². The van der Waals surface area contributed by atoms with Gasteiger partial charge in [-0.1, -0.05) is 28.1 Å². The molecule has 1 atom stereocenters. The number of carbonyl (C=O) groups is 2. The first-order valence-corrected chi connectivity index (χ1v) is 6.26. The fourth-order valence-corrected chi connectivity index (χ4v) is 2.22. The quantitative estimate of drug-likeness (QED) is 0.829. The normalized spacial score (nSPS) is 19.1. The molecule has 2 N–H and O–H groups in total. The molecule has 0 spiro atoms. The van der Waals surface area contributed by atoms with Crippen LogP contribution in [0.1, 0.15) is 18.4 Å². The van der Waals surface area contributed by atoms with Crippen molar-refractivity contribution in [1.82, 2.24) is 10.6 Å². The number of carbonyl (C=O) groups excluding carboxylic acids is 2. The lowest BCUT2D eigenvalue weighted by molar-refractivity contribution is -0.134. The number of amides is 2. The number of benzene rings is 1. The molecule has 1 aliphatic heterocycles. The Morgan fingerprint density at radius 1 is 1.39 bits per heavy atom. The number of imide groups is 1. The maximum Gasteiger partial charge on any atom is 0.243 e. The highest BCUT2D eigenvalue weighted by atomic mass is 79.9. The average Bonchev–Trinajstić information content (AvgIpc) is 2.28. The number of piperidine rings is 1. The average molecular weight is 334 g/mol. The van der Waals surface area contributed by atoms with E-state index in [1.165, 1.54) is 0 Å². The van der Waals surface area contributed by atoms with Crippen molar-refractivity contribution in [3.05, 3.63) is 34.3 Å². The van der Waals surface area contributed by atoms with Gasteiger partial charge in [-0.25, -0.2) is 0 Å². The summed E-state index contributed by atoms with van der Waals surface area (Å²) in [6, 6.07) is 7.62. The van der Waals surface area contributed by atoms with Crippen molar-refractivity contribution in [2.75, 3.05) is 0 Å². The predicted molar refractivity (Wildman–Crippen MR) is 74.4 cm³/mol. The van der Waals surface area contributed by atoms with E-state index in [4.69, 9.17) is 0 Å². The molecule has 1 aliphatic rings. The summed E-state index contributed by atoms with van der Waals surface area (Å²) in [5, 5.41) is 5.48. The van der Waals surface area contributed by atoms with E-state index in [2.05, 4.69) is 26.6 Å². The first-order chi connectivity index (χ1) is 8.15. The van der Waals surface area contributed by atoms with Gasteiger partial charge in [0, 0.05) is 17.4 Å². The zero-order chi connectivity index (χ0) is 12.3. The summed E-state index contributed by atoms with van der Waals surface area (Å²) in [5.74, 6) is -0.410. The monoisotopic (exact) mass is 332 g/mol. The molecule has 18 heavy (non-hydrogen) atoms. The predicted octanol–water partition coefficient (Wildman–Crippen LogP) is 1.77. The Bertz CT molecular complexity index is 453. The molecule has 0 saturated carbocycles. The minimum atomic E-state index is -0.272. The molecule has 6 heteroatoms. The van der Waals surface area contributed by atoms with Crippen molar-refractivity contribution in [2.45, 2.75) is 25.4 Å². The summed E-state index contributed by atoms with van der Waals surface area (Å²) >= 11 is 3.40. The smallest absolute Gasteiger partial charge is 0.243 e. The minimum absolute atomic E-state index is 0. The lowest BCUT2D eigenvalue weighted by Gasteiger charge is -2.21. The molecule has 1 heterocycles. The van der Waals surface area contributed by atoms with Gasteiger partial charge in [0.05, 0.1) is 6.04 Å². The van der Waals surface area contributed by atoms with E-state index in [9.17, 15) is 9.59 Å². The van der Waals surface area contributed by atoms with E-state index in [-0.39, 0.29) is 30.3 Å². The number of rotatable bonds is 3. The topological polar surface area (TPSA) is 58.2 Å². The minimum Gasteiger partial charge on any atom is -0.302 e. The molecule has 0 bridgehead atoms. The Balaban J connectivity index is 0.00000162. The molecule has 0 aromatic heterocycles. The Kier molecular flexibility index (Phi) is 5.78. The van der Waals surface area contributed by atoms with E-state index in [1.807, 2.05) is 24.3 Å². The van der Waals surface area contributed by atoms with Gasteiger partial charge in [-0.15, -0.1) is 12.4 Å². The van der Waals surface area contributed by atoms with Crippen LogP contribution in [0, 0.1) is 0 Å². The highest BCUT2D eigenvalue weighted by Gasteiger charge is 2.25. The highest BCUT2D eigenvalue weighted by molar-refractivity contribution is 9.10. The molecule has 98 valence electrons. The molecular weight excluding hydrogens is 320 g/mol. The molecule has 1 unspecified atom stereocenters. The van der Waals surface area contributed by atoms with Crippen LogP contribution in [-0.2, 0) is 16.1 Å². The number of hydrogen-bond donors (Lipinski definition) is 2. The van der Waals surface area contributed by atoms with Gasteiger partial charge in [0.25, 0.3) is 0 Å². The molecule has 2 rings (SSSR count). The standard InChI is InChI=1S/C12H13BrN2O2.ClH/c13-9-3-1-2-8(6-9)7-14-10-4-5-11(16)15-12(10)17;/h1-3,6,10,14H,4-5,7H2,(H,15,16,17);1H. The van der Waals surface area contributed by atoms with Crippen molar-refractivity contribution in [3.63, 3.8) is 0 Å². The van der Waals surface area contributed by atoms with Gasteiger partial charge in [-0.05, 0) is 24.1 Å². The Hall–Kier alpha value is -0.910. The first kappa shape index (κ1) is 15.1. The number of halogens is 2. The molecular formula is C12H14BrClN2O2. The molecule has 1 saturated heterocycles. The third-order valence-electron chi connectivity index (χ3n) is 2.68. The summed E-state index contributed by atoms with van der Waals surface area (Å²) in [6.45, 7) is 0.617. The molecule has 4 nitrogen and oxygen atoms in total. The fraction of sp³-hybridized carbons (Fsp3) is 0.333. The van der Waals surface area contributed by atoms with Crippen LogP contribution in [0.5, 0.6) is 0 Å². The highest BCUT2D eigenvalue weighted by Crippen LogP contribution is 2.12. The Labute approximate surface area is 120 Å². The van der Waals surface area contributed by atoms with Crippen LogP contribution in [0.15, 0.2) is 28.7 Å². The lowest BCUT2D eigenvalue weighted by Crippen LogP contribution is -2.50. The molecule has 0 radical (unpaired) electrons. The number of nitrogens with one attached hydrogen (secondary N) is 2. The SMILES string of the molecule is Cl.O=C1CCC(NCc2cccc(Br)c2)C(=O)N1. The largest absolute Gasteiger partial charge is 0.302 e. The van der Waals surface area contributed by atoms with E-state index >= 15 is 0 Å². The van der Waals surface area contributed by atoms with E-state index in [0.717, 1.165) is 10.0 Å². The zero-order valence-electron chi connectivity index (χ0n) is 9.61. The summed E-state index contributed by atoms with van der Waals surface area (Å²) in [7, 11) is 0. The first-order valence-electron chi connectivity index (χ1n) is 5.46. The van der Waals surface area contributed by atoms with E-state index in [0.29, 0.717) is 19.4 Å². The fourth-order valence-electron chi connectivity index (χ4n) is 1.78. The third-order valence-corrected chi connectivity index (χ3v) is 3.17. The van der Waals surface area contributed by atoms with Gasteiger partial charge >= 0.3 is 0 Å². The van der Waals surface area contributed by atoms with Gasteiger partial charge in [-0.2, -0.15) is 0 Å².